The van der Waals surface area contributed by atoms with Gasteiger partial charge in [-0.15, -0.1) is 0 Å². The van der Waals surface area contributed by atoms with Gasteiger partial charge in [0.15, 0.2) is 0 Å². The molecule has 0 spiro atoms. The van der Waals surface area contributed by atoms with E-state index in [-0.39, 0.29) is 36.7 Å². The van der Waals surface area contributed by atoms with Gasteiger partial charge < -0.3 is 4.90 Å². The molecule has 1 saturated heterocycles. The summed E-state index contributed by atoms with van der Waals surface area (Å²) in [5.74, 6) is -0.126. The number of hydrogen-bond donors (Lipinski definition) is 0. The van der Waals surface area contributed by atoms with Crippen molar-refractivity contribution in [2.45, 2.75) is 31.9 Å². The fraction of sp³-hybridized carbons (Fsp3) is 0.476. The number of rotatable bonds is 8. The van der Waals surface area contributed by atoms with Crippen molar-refractivity contribution in [3.05, 3.63) is 73.0 Å². The maximum Gasteiger partial charge on any atom is 0.416 e. The highest BCUT2D eigenvalue weighted by Crippen LogP contribution is 2.34. The SMILES string of the molecule is O=C1CN(CCc2ccc([N+](=O)[O-])cc2C(F)(F)F)CCN1CCC1=CC=C([N+](=O)[O-])CC1. The predicted molar refractivity (Wildman–Crippen MR) is 112 cm³/mol. The van der Waals surface area contributed by atoms with E-state index in [4.69, 9.17) is 0 Å². The number of nitro groups is 2. The summed E-state index contributed by atoms with van der Waals surface area (Å²) in [5.41, 5.74) is -0.488. The van der Waals surface area contributed by atoms with Gasteiger partial charge in [-0.25, -0.2) is 0 Å². The molecule has 1 aliphatic heterocycles. The van der Waals surface area contributed by atoms with E-state index >= 15 is 0 Å². The molecule has 1 heterocycles. The van der Waals surface area contributed by atoms with E-state index in [0.717, 1.165) is 17.7 Å². The van der Waals surface area contributed by atoms with Crippen molar-refractivity contribution < 1.29 is 27.8 Å². The fourth-order valence-corrected chi connectivity index (χ4v) is 3.93. The monoisotopic (exact) mass is 468 g/mol. The Balaban J connectivity index is 1.52. The summed E-state index contributed by atoms with van der Waals surface area (Å²) in [6, 6.07) is 2.72. The van der Waals surface area contributed by atoms with E-state index in [1.54, 1.807) is 15.9 Å². The smallest absolute Gasteiger partial charge is 0.340 e. The molecule has 1 aliphatic carbocycles. The number of alkyl halides is 3. The average Bonchev–Trinajstić information content (AvgIpc) is 2.76. The number of non-ortho nitro benzene ring substituents is 1. The quantitative estimate of drug-likeness (QED) is 0.426. The molecule has 33 heavy (non-hydrogen) atoms. The first kappa shape index (κ1) is 24.4. The summed E-state index contributed by atoms with van der Waals surface area (Å²) in [4.78, 5) is 36.3. The first-order valence-electron chi connectivity index (χ1n) is 10.4. The minimum Gasteiger partial charge on any atom is -0.340 e. The lowest BCUT2D eigenvalue weighted by Gasteiger charge is -2.34. The van der Waals surface area contributed by atoms with E-state index in [0.29, 0.717) is 45.0 Å². The Morgan fingerprint density at radius 3 is 2.30 bits per heavy atom. The maximum atomic E-state index is 13.3. The van der Waals surface area contributed by atoms with Crippen LogP contribution in [0.3, 0.4) is 0 Å². The van der Waals surface area contributed by atoms with Crippen LogP contribution in [-0.4, -0.2) is 58.3 Å². The average molecular weight is 468 g/mol. The van der Waals surface area contributed by atoms with Crippen LogP contribution in [0.4, 0.5) is 18.9 Å². The number of benzene rings is 1. The summed E-state index contributed by atoms with van der Waals surface area (Å²) in [6.45, 7) is 1.73. The summed E-state index contributed by atoms with van der Waals surface area (Å²) in [5, 5.41) is 21.6. The van der Waals surface area contributed by atoms with Gasteiger partial charge in [0.05, 0.1) is 22.0 Å². The molecule has 1 fully saturated rings. The van der Waals surface area contributed by atoms with Crippen LogP contribution in [0.15, 0.2) is 41.6 Å². The summed E-state index contributed by atoms with van der Waals surface area (Å²) in [7, 11) is 0. The number of allylic oxidation sites excluding steroid dienone is 3. The molecule has 0 N–H and O–H groups in total. The van der Waals surface area contributed by atoms with Crippen LogP contribution in [0.25, 0.3) is 0 Å². The Labute approximate surface area is 187 Å². The maximum absolute atomic E-state index is 13.3. The minimum absolute atomic E-state index is 0.0120. The molecule has 12 heteroatoms. The molecule has 2 aliphatic rings. The van der Waals surface area contributed by atoms with Crippen LogP contribution in [0.2, 0.25) is 0 Å². The number of carbonyl (C=O) groups is 1. The number of amides is 1. The van der Waals surface area contributed by atoms with E-state index in [1.165, 1.54) is 6.08 Å². The number of nitrogens with zero attached hydrogens (tertiary/aromatic N) is 4. The van der Waals surface area contributed by atoms with Gasteiger partial charge in [0.2, 0.25) is 11.6 Å². The Bertz CT molecular complexity index is 1010. The third kappa shape index (κ3) is 6.37. The second-order valence-corrected chi connectivity index (χ2v) is 7.99. The zero-order valence-electron chi connectivity index (χ0n) is 17.7. The number of carbonyl (C=O) groups excluding carboxylic acids is 1. The molecule has 9 nitrogen and oxygen atoms in total. The van der Waals surface area contributed by atoms with Crippen molar-refractivity contribution in [3.8, 4) is 0 Å². The Hall–Kier alpha value is -3.28. The van der Waals surface area contributed by atoms with Crippen molar-refractivity contribution in [1.82, 2.24) is 9.80 Å². The number of hydrogen-bond acceptors (Lipinski definition) is 6. The molecule has 0 unspecified atom stereocenters. The zero-order valence-corrected chi connectivity index (χ0v) is 17.7. The van der Waals surface area contributed by atoms with Crippen LogP contribution in [-0.2, 0) is 17.4 Å². The molecule has 0 bridgehead atoms. The molecular weight excluding hydrogens is 445 g/mol. The van der Waals surface area contributed by atoms with E-state index < -0.39 is 27.3 Å². The highest BCUT2D eigenvalue weighted by molar-refractivity contribution is 5.79. The lowest BCUT2D eigenvalue weighted by atomic mass is 9.99. The second kappa shape index (κ2) is 10.1. The lowest BCUT2D eigenvalue weighted by molar-refractivity contribution is -0.428. The third-order valence-electron chi connectivity index (χ3n) is 5.86. The molecule has 1 aromatic carbocycles. The zero-order chi connectivity index (χ0) is 24.2. The fourth-order valence-electron chi connectivity index (χ4n) is 3.93. The first-order chi connectivity index (χ1) is 15.5. The number of nitro benzene ring substituents is 1. The van der Waals surface area contributed by atoms with E-state index in [1.807, 2.05) is 0 Å². The van der Waals surface area contributed by atoms with Gasteiger partial charge in [0.25, 0.3) is 5.69 Å². The van der Waals surface area contributed by atoms with Gasteiger partial charge in [0, 0.05) is 50.8 Å². The van der Waals surface area contributed by atoms with Crippen LogP contribution in [0, 0.1) is 20.2 Å². The highest BCUT2D eigenvalue weighted by atomic mass is 19.4. The van der Waals surface area contributed by atoms with Gasteiger partial charge in [-0.2, -0.15) is 13.2 Å². The van der Waals surface area contributed by atoms with Crippen molar-refractivity contribution in [3.63, 3.8) is 0 Å². The first-order valence-corrected chi connectivity index (χ1v) is 10.4. The number of piperazine rings is 1. The van der Waals surface area contributed by atoms with Gasteiger partial charge in [-0.3, -0.25) is 29.9 Å². The molecule has 0 radical (unpaired) electrons. The molecule has 0 saturated carbocycles. The van der Waals surface area contributed by atoms with Crippen molar-refractivity contribution in [2.24, 2.45) is 0 Å². The number of halogens is 3. The van der Waals surface area contributed by atoms with Gasteiger partial charge in [-0.1, -0.05) is 17.7 Å². The van der Waals surface area contributed by atoms with Crippen molar-refractivity contribution in [1.29, 1.82) is 0 Å². The molecule has 0 aromatic heterocycles. The third-order valence-corrected chi connectivity index (χ3v) is 5.86. The van der Waals surface area contributed by atoms with Gasteiger partial charge in [-0.05, 0) is 24.8 Å². The Kier molecular flexibility index (Phi) is 7.46. The highest BCUT2D eigenvalue weighted by Gasteiger charge is 2.35. The largest absolute Gasteiger partial charge is 0.416 e. The van der Waals surface area contributed by atoms with Crippen LogP contribution in [0.5, 0.6) is 0 Å². The molecule has 1 amide bonds. The molecular formula is C21H23F3N4O5. The summed E-state index contributed by atoms with van der Waals surface area (Å²) < 4.78 is 40.0. The van der Waals surface area contributed by atoms with Crippen LogP contribution in [0.1, 0.15) is 30.4 Å². The Morgan fingerprint density at radius 1 is 0.970 bits per heavy atom. The molecule has 178 valence electrons. The second-order valence-electron chi connectivity index (χ2n) is 7.99. The molecule has 3 rings (SSSR count). The summed E-state index contributed by atoms with van der Waals surface area (Å²) >= 11 is 0. The van der Waals surface area contributed by atoms with Crippen molar-refractivity contribution in [2.75, 3.05) is 32.7 Å². The standard InChI is InChI=1S/C21H23F3N4O5/c22-21(23,24)19-13-18(28(32)33)6-3-16(19)8-9-25-11-12-26(20(29)14-25)10-7-15-1-4-17(5-2-15)27(30)31/h1,3-4,6,13H,2,5,7-12,14H2. The lowest BCUT2D eigenvalue weighted by Crippen LogP contribution is -2.51. The summed E-state index contributed by atoms with van der Waals surface area (Å²) in [6.07, 6.45) is 0.0834. The predicted octanol–water partition coefficient (Wildman–Crippen LogP) is 3.57. The Morgan fingerprint density at radius 2 is 1.73 bits per heavy atom. The van der Waals surface area contributed by atoms with Crippen LogP contribution >= 0.6 is 0 Å². The van der Waals surface area contributed by atoms with Crippen LogP contribution < -0.4 is 0 Å². The van der Waals surface area contributed by atoms with Gasteiger partial charge in [0.1, 0.15) is 0 Å². The molecule has 0 atom stereocenters. The molecule has 1 aromatic rings. The topological polar surface area (TPSA) is 110 Å². The normalized spacial score (nSPS) is 17.5. The van der Waals surface area contributed by atoms with Crippen molar-refractivity contribution >= 4 is 11.6 Å². The van der Waals surface area contributed by atoms with Gasteiger partial charge >= 0.3 is 6.18 Å². The van der Waals surface area contributed by atoms with E-state index in [2.05, 4.69) is 0 Å². The minimum atomic E-state index is -4.71. The van der Waals surface area contributed by atoms with E-state index in [9.17, 15) is 38.2 Å².